The number of benzene rings is 1. The van der Waals surface area contributed by atoms with Crippen LogP contribution in [0, 0.1) is 13.8 Å². The van der Waals surface area contributed by atoms with Crippen LogP contribution in [0.5, 0.6) is 0 Å². The molecule has 7 nitrogen and oxygen atoms in total. The maximum atomic E-state index is 12.4. The minimum absolute atomic E-state index is 0.127. The zero-order chi connectivity index (χ0) is 18.1. The molecule has 0 spiro atoms. The maximum absolute atomic E-state index is 12.4. The first-order valence-electron chi connectivity index (χ1n) is 9.05. The Labute approximate surface area is 151 Å². The number of urea groups is 1. The normalized spacial score (nSPS) is 20.2. The molecule has 4 rings (SSSR count). The summed E-state index contributed by atoms with van der Waals surface area (Å²) in [7, 11) is 0. The summed E-state index contributed by atoms with van der Waals surface area (Å²) in [6.45, 7) is 3.60. The summed E-state index contributed by atoms with van der Waals surface area (Å²) in [5, 5.41) is 9.79. The largest absolute Gasteiger partial charge is 0.359 e. The van der Waals surface area contributed by atoms with E-state index in [9.17, 15) is 4.79 Å². The van der Waals surface area contributed by atoms with E-state index in [1.165, 1.54) is 0 Å². The lowest BCUT2D eigenvalue weighted by atomic mass is 9.85. The fourth-order valence-electron chi connectivity index (χ4n) is 3.73. The Morgan fingerprint density at radius 2 is 2.12 bits per heavy atom. The molecule has 0 aliphatic heterocycles. The predicted molar refractivity (Wildman–Crippen MR) is 99.2 cm³/mol. The smallest absolute Gasteiger partial charge is 0.319 e. The number of para-hydroxylation sites is 2. The van der Waals surface area contributed by atoms with Crippen molar-refractivity contribution < 1.29 is 9.32 Å². The van der Waals surface area contributed by atoms with E-state index in [1.807, 2.05) is 31.2 Å². The molecule has 26 heavy (non-hydrogen) atoms. The van der Waals surface area contributed by atoms with E-state index in [0.29, 0.717) is 23.1 Å². The number of imidazole rings is 1. The molecule has 1 aromatic carbocycles. The Bertz CT molecular complexity index is 877. The van der Waals surface area contributed by atoms with Gasteiger partial charge in [-0.05, 0) is 45.2 Å². The number of rotatable bonds is 3. The van der Waals surface area contributed by atoms with Crippen LogP contribution in [0.15, 0.2) is 28.8 Å². The predicted octanol–water partition coefficient (Wildman–Crippen LogP) is 4.02. The highest BCUT2D eigenvalue weighted by Crippen LogP contribution is 2.32. The molecular formula is C19H23N5O2. The Balaban J connectivity index is 1.41. The number of hydrogen-bond donors (Lipinski definition) is 3. The molecule has 0 radical (unpaired) electrons. The molecule has 136 valence electrons. The molecule has 2 atom stereocenters. The number of fused-ring (bicyclic) bond motifs is 1. The molecule has 0 unspecified atom stereocenters. The number of nitrogens with one attached hydrogen (secondary N) is 3. The van der Waals surface area contributed by atoms with Crippen molar-refractivity contribution in [2.45, 2.75) is 51.5 Å². The third kappa shape index (κ3) is 3.29. The van der Waals surface area contributed by atoms with Crippen molar-refractivity contribution in [2.24, 2.45) is 0 Å². The first-order valence-corrected chi connectivity index (χ1v) is 9.05. The number of carbonyl (C=O) groups is 1. The van der Waals surface area contributed by atoms with Gasteiger partial charge in [0.15, 0.2) is 5.76 Å². The second-order valence-corrected chi connectivity index (χ2v) is 7.00. The first-order chi connectivity index (χ1) is 12.6. The number of amides is 2. The molecule has 1 aliphatic rings. The van der Waals surface area contributed by atoms with Gasteiger partial charge in [0, 0.05) is 12.0 Å². The topological polar surface area (TPSA) is 95.8 Å². The second kappa shape index (κ2) is 6.82. The summed E-state index contributed by atoms with van der Waals surface area (Å²) in [6, 6.07) is 7.98. The number of nitrogens with zero attached hydrogens (tertiary/aromatic N) is 2. The Morgan fingerprint density at radius 1 is 1.27 bits per heavy atom. The molecule has 2 heterocycles. The molecule has 0 saturated heterocycles. The van der Waals surface area contributed by atoms with Crippen LogP contribution in [0.25, 0.3) is 11.0 Å². The van der Waals surface area contributed by atoms with Gasteiger partial charge < -0.3 is 20.1 Å². The van der Waals surface area contributed by atoms with Gasteiger partial charge in [0.25, 0.3) is 0 Å². The van der Waals surface area contributed by atoms with Crippen LogP contribution in [0.4, 0.5) is 10.5 Å². The number of anilines is 1. The van der Waals surface area contributed by atoms with Gasteiger partial charge in [0.1, 0.15) is 17.2 Å². The Kier molecular flexibility index (Phi) is 4.36. The zero-order valence-electron chi connectivity index (χ0n) is 15.0. The quantitative estimate of drug-likeness (QED) is 0.663. The first kappa shape index (κ1) is 16.6. The molecule has 1 aliphatic carbocycles. The molecule has 2 aromatic heterocycles. The monoisotopic (exact) mass is 353 g/mol. The minimum Gasteiger partial charge on any atom is -0.359 e. The van der Waals surface area contributed by atoms with Crippen molar-refractivity contribution in [1.82, 2.24) is 20.4 Å². The lowest BCUT2D eigenvalue weighted by Crippen LogP contribution is -2.40. The van der Waals surface area contributed by atoms with E-state index in [2.05, 4.69) is 20.8 Å². The van der Waals surface area contributed by atoms with Gasteiger partial charge in [-0.2, -0.15) is 0 Å². The number of hydrogen-bond acceptors (Lipinski definition) is 4. The van der Waals surface area contributed by atoms with Gasteiger partial charge in [-0.25, -0.2) is 9.78 Å². The van der Waals surface area contributed by atoms with E-state index in [0.717, 1.165) is 42.5 Å². The van der Waals surface area contributed by atoms with E-state index >= 15 is 0 Å². The fraction of sp³-hybridized carbons (Fsp3) is 0.421. The molecular weight excluding hydrogens is 330 g/mol. The number of aryl methyl sites for hydroxylation is 2. The molecule has 7 heteroatoms. The second-order valence-electron chi connectivity index (χ2n) is 7.00. The van der Waals surface area contributed by atoms with Gasteiger partial charge in [-0.3, -0.25) is 0 Å². The van der Waals surface area contributed by atoms with Crippen LogP contribution in [-0.4, -0.2) is 27.2 Å². The number of H-pyrrole nitrogens is 1. The standard InChI is InChI=1S/C19H23N5O2/c1-11-17(12(2)26-24-11)23-19(25)20-14-7-5-6-13(10-14)18-21-15-8-3-4-9-16(15)22-18/h3-4,8-9,13-14H,5-7,10H2,1-2H3,(H,21,22)(H2,20,23,25)/t13-,14+/m0/s1. The molecule has 2 amide bonds. The highest BCUT2D eigenvalue weighted by atomic mass is 16.5. The fourth-order valence-corrected chi connectivity index (χ4v) is 3.73. The summed E-state index contributed by atoms with van der Waals surface area (Å²) in [4.78, 5) is 20.5. The van der Waals surface area contributed by atoms with Crippen LogP contribution in [0.2, 0.25) is 0 Å². The number of carbonyl (C=O) groups excluding carboxylic acids is 1. The van der Waals surface area contributed by atoms with Crippen molar-refractivity contribution in [3.8, 4) is 0 Å². The van der Waals surface area contributed by atoms with Crippen molar-refractivity contribution in [1.29, 1.82) is 0 Å². The molecule has 0 bridgehead atoms. The lowest BCUT2D eigenvalue weighted by Gasteiger charge is -2.28. The van der Waals surface area contributed by atoms with Crippen LogP contribution in [-0.2, 0) is 0 Å². The van der Waals surface area contributed by atoms with Gasteiger partial charge in [-0.1, -0.05) is 23.7 Å². The van der Waals surface area contributed by atoms with Crippen LogP contribution in [0.1, 0.15) is 48.9 Å². The van der Waals surface area contributed by atoms with Crippen LogP contribution in [0.3, 0.4) is 0 Å². The molecule has 3 aromatic rings. The van der Waals surface area contributed by atoms with Gasteiger partial charge in [0.2, 0.25) is 0 Å². The van der Waals surface area contributed by atoms with Crippen LogP contribution < -0.4 is 10.6 Å². The molecule has 3 N–H and O–H groups in total. The van der Waals surface area contributed by atoms with E-state index < -0.39 is 0 Å². The summed E-state index contributed by atoms with van der Waals surface area (Å²) < 4.78 is 5.08. The summed E-state index contributed by atoms with van der Waals surface area (Å²) in [6.07, 6.45) is 4.02. The summed E-state index contributed by atoms with van der Waals surface area (Å²) in [5.74, 6) is 1.96. The van der Waals surface area contributed by atoms with E-state index in [4.69, 9.17) is 9.51 Å². The Hall–Kier alpha value is -2.83. The van der Waals surface area contributed by atoms with E-state index in [-0.39, 0.29) is 12.1 Å². The van der Waals surface area contributed by atoms with Crippen molar-refractivity contribution >= 4 is 22.8 Å². The van der Waals surface area contributed by atoms with Gasteiger partial charge in [0.05, 0.1) is 11.0 Å². The highest BCUT2D eigenvalue weighted by Gasteiger charge is 2.27. The summed E-state index contributed by atoms with van der Waals surface area (Å²) in [5.41, 5.74) is 3.39. The highest BCUT2D eigenvalue weighted by molar-refractivity contribution is 5.90. The van der Waals surface area contributed by atoms with Crippen LogP contribution >= 0.6 is 0 Å². The average molecular weight is 353 g/mol. The zero-order valence-corrected chi connectivity index (χ0v) is 15.0. The SMILES string of the molecule is Cc1noc(C)c1NC(=O)N[C@@H]1CCC[C@H](c2nc3ccccc3[nH]2)C1. The van der Waals surface area contributed by atoms with E-state index in [1.54, 1.807) is 6.92 Å². The maximum Gasteiger partial charge on any atom is 0.319 e. The molecule has 1 saturated carbocycles. The lowest BCUT2D eigenvalue weighted by molar-refractivity contribution is 0.241. The van der Waals surface area contributed by atoms with Crippen molar-refractivity contribution in [3.05, 3.63) is 41.5 Å². The third-order valence-electron chi connectivity index (χ3n) is 5.08. The number of aromatic amines is 1. The Morgan fingerprint density at radius 3 is 2.88 bits per heavy atom. The van der Waals surface area contributed by atoms with Crippen molar-refractivity contribution in [2.75, 3.05) is 5.32 Å². The summed E-state index contributed by atoms with van der Waals surface area (Å²) >= 11 is 0. The van der Waals surface area contributed by atoms with Gasteiger partial charge in [-0.15, -0.1) is 0 Å². The average Bonchev–Trinajstić information content (AvgIpc) is 3.20. The third-order valence-corrected chi connectivity index (χ3v) is 5.08. The van der Waals surface area contributed by atoms with Gasteiger partial charge >= 0.3 is 6.03 Å². The molecule has 1 fully saturated rings. The van der Waals surface area contributed by atoms with Crippen molar-refractivity contribution in [3.63, 3.8) is 0 Å². The number of aromatic nitrogens is 3. The minimum atomic E-state index is -0.213.